The third kappa shape index (κ3) is 1.88. The van der Waals surface area contributed by atoms with Crippen LogP contribution in [0, 0.1) is 5.82 Å². The molecule has 0 unspecified atom stereocenters. The van der Waals surface area contributed by atoms with Crippen LogP contribution in [0.1, 0.15) is 24.3 Å². The van der Waals surface area contributed by atoms with E-state index >= 15 is 0 Å². The maximum Gasteiger partial charge on any atom is 0.325 e. The summed E-state index contributed by atoms with van der Waals surface area (Å²) in [6.45, 7) is -0.529. The quantitative estimate of drug-likeness (QED) is 0.784. The van der Waals surface area contributed by atoms with Crippen LogP contribution in [0.15, 0.2) is 11.0 Å². The van der Waals surface area contributed by atoms with Crippen LogP contribution in [0.3, 0.4) is 0 Å². The molecule has 1 saturated carbocycles. The molecular weight excluding hydrogens is 203 g/mol. The highest BCUT2D eigenvalue weighted by Crippen LogP contribution is 2.39. The molecule has 1 aliphatic carbocycles. The smallest absolute Gasteiger partial charge is 0.325 e. The van der Waals surface area contributed by atoms with Crippen molar-refractivity contribution in [3.8, 4) is 0 Å². The molecule has 0 atom stereocenters. The Balaban J connectivity index is 2.45. The second-order valence-corrected chi connectivity index (χ2v) is 3.54. The first-order valence-corrected chi connectivity index (χ1v) is 4.57. The van der Waals surface area contributed by atoms with Crippen LogP contribution in [0.2, 0.25) is 0 Å². The van der Waals surface area contributed by atoms with Gasteiger partial charge in [0.15, 0.2) is 5.82 Å². The van der Waals surface area contributed by atoms with Gasteiger partial charge in [-0.2, -0.15) is 5.10 Å². The average molecular weight is 212 g/mol. The molecule has 0 spiro atoms. The van der Waals surface area contributed by atoms with Crippen LogP contribution in [0.4, 0.5) is 4.39 Å². The van der Waals surface area contributed by atoms with Gasteiger partial charge in [0.05, 0.1) is 11.8 Å². The zero-order chi connectivity index (χ0) is 11.0. The molecule has 1 aromatic rings. The van der Waals surface area contributed by atoms with Crippen LogP contribution < -0.4 is 5.56 Å². The van der Waals surface area contributed by atoms with E-state index in [1.54, 1.807) is 0 Å². The Hall–Kier alpha value is -1.72. The van der Waals surface area contributed by atoms with E-state index in [2.05, 4.69) is 5.10 Å². The van der Waals surface area contributed by atoms with Gasteiger partial charge in [0, 0.05) is 0 Å². The number of aliphatic carboxylic acids is 1. The van der Waals surface area contributed by atoms with Crippen molar-refractivity contribution in [3.63, 3.8) is 0 Å². The number of hydrogen-bond donors (Lipinski definition) is 1. The van der Waals surface area contributed by atoms with Crippen molar-refractivity contribution in [2.75, 3.05) is 0 Å². The van der Waals surface area contributed by atoms with E-state index in [-0.39, 0.29) is 11.5 Å². The first kappa shape index (κ1) is 9.82. The Morgan fingerprint density at radius 3 is 2.87 bits per heavy atom. The number of carbonyl (C=O) groups is 1. The second kappa shape index (κ2) is 3.45. The molecule has 1 aliphatic rings. The summed E-state index contributed by atoms with van der Waals surface area (Å²) in [5.74, 6) is -1.86. The first-order valence-electron chi connectivity index (χ1n) is 4.57. The number of hydrogen-bond acceptors (Lipinski definition) is 3. The fourth-order valence-electron chi connectivity index (χ4n) is 1.47. The highest BCUT2D eigenvalue weighted by atomic mass is 19.1. The molecule has 0 radical (unpaired) electrons. The van der Waals surface area contributed by atoms with E-state index < -0.39 is 23.9 Å². The Bertz CT molecular complexity index is 465. The summed E-state index contributed by atoms with van der Waals surface area (Å²) >= 11 is 0. The molecule has 80 valence electrons. The summed E-state index contributed by atoms with van der Waals surface area (Å²) in [7, 11) is 0. The first-order chi connectivity index (χ1) is 7.09. The summed E-state index contributed by atoms with van der Waals surface area (Å²) in [5, 5.41) is 11.9. The molecule has 0 aliphatic heterocycles. The summed E-state index contributed by atoms with van der Waals surface area (Å²) in [6.07, 6.45) is 2.46. The predicted octanol–water partition coefficient (Wildman–Crippen LogP) is 0.344. The van der Waals surface area contributed by atoms with Crippen LogP contribution in [0.5, 0.6) is 0 Å². The van der Waals surface area contributed by atoms with Crippen molar-refractivity contribution in [1.82, 2.24) is 9.78 Å². The van der Waals surface area contributed by atoms with Gasteiger partial charge in [-0.1, -0.05) is 0 Å². The molecule has 1 fully saturated rings. The van der Waals surface area contributed by atoms with Gasteiger partial charge in [0.25, 0.3) is 5.56 Å². The highest BCUT2D eigenvalue weighted by Gasteiger charge is 2.30. The van der Waals surface area contributed by atoms with Crippen molar-refractivity contribution in [1.29, 1.82) is 0 Å². The van der Waals surface area contributed by atoms with Crippen molar-refractivity contribution in [3.05, 3.63) is 27.9 Å². The number of rotatable bonds is 3. The second-order valence-electron chi connectivity index (χ2n) is 3.54. The van der Waals surface area contributed by atoms with Gasteiger partial charge in [-0.3, -0.25) is 9.59 Å². The van der Waals surface area contributed by atoms with Gasteiger partial charge in [-0.25, -0.2) is 9.07 Å². The fourth-order valence-corrected chi connectivity index (χ4v) is 1.47. The molecule has 15 heavy (non-hydrogen) atoms. The van der Waals surface area contributed by atoms with Gasteiger partial charge in [0.1, 0.15) is 6.54 Å². The van der Waals surface area contributed by atoms with Crippen LogP contribution in [0.25, 0.3) is 0 Å². The molecule has 5 nitrogen and oxygen atoms in total. The minimum Gasteiger partial charge on any atom is -0.480 e. The third-order valence-electron chi connectivity index (χ3n) is 2.30. The monoisotopic (exact) mass is 212 g/mol. The molecule has 6 heteroatoms. The lowest BCUT2D eigenvalue weighted by molar-refractivity contribution is -0.138. The SMILES string of the molecule is O=C(O)Cn1ncc(F)c(C2CC2)c1=O. The number of carboxylic acids is 1. The van der Waals surface area contributed by atoms with E-state index in [1.165, 1.54) is 0 Å². The van der Waals surface area contributed by atoms with E-state index in [4.69, 9.17) is 5.11 Å². The van der Waals surface area contributed by atoms with Gasteiger partial charge in [-0.05, 0) is 18.8 Å². The van der Waals surface area contributed by atoms with E-state index in [9.17, 15) is 14.0 Å². The minimum absolute atomic E-state index is 0.0551. The molecule has 0 amide bonds. The minimum atomic E-state index is -1.17. The maximum atomic E-state index is 13.2. The lowest BCUT2D eigenvalue weighted by Crippen LogP contribution is -2.29. The molecular formula is C9H9FN2O3. The Kier molecular flexibility index (Phi) is 2.26. The summed E-state index contributed by atoms with van der Waals surface area (Å²) in [6, 6.07) is 0. The van der Waals surface area contributed by atoms with Crippen molar-refractivity contribution in [2.24, 2.45) is 0 Å². The predicted molar refractivity (Wildman–Crippen MR) is 48.1 cm³/mol. The van der Waals surface area contributed by atoms with E-state index in [1.807, 2.05) is 0 Å². The maximum absolute atomic E-state index is 13.2. The molecule has 0 saturated heterocycles. The molecule has 1 N–H and O–H groups in total. The lowest BCUT2D eigenvalue weighted by Gasteiger charge is -2.04. The zero-order valence-corrected chi connectivity index (χ0v) is 7.81. The molecule has 0 bridgehead atoms. The van der Waals surface area contributed by atoms with Gasteiger partial charge in [-0.15, -0.1) is 0 Å². The van der Waals surface area contributed by atoms with Crippen molar-refractivity contribution < 1.29 is 14.3 Å². The van der Waals surface area contributed by atoms with Crippen LogP contribution in [-0.2, 0) is 11.3 Å². The molecule has 1 heterocycles. The highest BCUT2D eigenvalue weighted by molar-refractivity contribution is 5.66. The summed E-state index contributed by atoms with van der Waals surface area (Å²) < 4.78 is 14.0. The Morgan fingerprint density at radius 1 is 1.67 bits per heavy atom. The molecule has 2 rings (SSSR count). The third-order valence-corrected chi connectivity index (χ3v) is 2.30. The van der Waals surface area contributed by atoms with E-state index in [0.717, 1.165) is 23.7 Å². The molecule has 0 aromatic carbocycles. The number of halogens is 1. The normalized spacial score (nSPS) is 15.3. The van der Waals surface area contributed by atoms with Gasteiger partial charge < -0.3 is 5.11 Å². The van der Waals surface area contributed by atoms with Crippen molar-refractivity contribution >= 4 is 5.97 Å². The Labute approximate surface area is 84.2 Å². The number of nitrogens with zero attached hydrogens (tertiary/aromatic N) is 2. The van der Waals surface area contributed by atoms with Crippen LogP contribution in [-0.4, -0.2) is 20.9 Å². The number of carboxylic acid groups (broad SMARTS) is 1. The van der Waals surface area contributed by atoms with Crippen molar-refractivity contribution in [2.45, 2.75) is 25.3 Å². The number of aromatic nitrogens is 2. The van der Waals surface area contributed by atoms with Crippen LogP contribution >= 0.6 is 0 Å². The average Bonchev–Trinajstić information content (AvgIpc) is 2.94. The van der Waals surface area contributed by atoms with Gasteiger partial charge >= 0.3 is 5.97 Å². The Morgan fingerprint density at radius 2 is 2.33 bits per heavy atom. The lowest BCUT2D eigenvalue weighted by atomic mass is 10.2. The zero-order valence-electron chi connectivity index (χ0n) is 7.81. The van der Waals surface area contributed by atoms with Gasteiger partial charge in [0.2, 0.25) is 0 Å². The summed E-state index contributed by atoms with van der Waals surface area (Å²) in [5.41, 5.74) is -0.550. The summed E-state index contributed by atoms with van der Waals surface area (Å²) in [4.78, 5) is 22.0. The standard InChI is InChI=1S/C9H9FN2O3/c10-6-3-11-12(4-7(13)14)9(15)8(6)5-1-2-5/h3,5H,1-2,4H2,(H,13,14). The largest absolute Gasteiger partial charge is 0.480 e. The topological polar surface area (TPSA) is 72.2 Å². The van der Waals surface area contributed by atoms with E-state index in [0.29, 0.717) is 0 Å². The fraction of sp³-hybridized carbons (Fsp3) is 0.444. The molecule has 1 aromatic heterocycles.